The van der Waals surface area contributed by atoms with E-state index in [2.05, 4.69) is 10.5 Å². The lowest BCUT2D eigenvalue weighted by Crippen LogP contribution is -2.40. The number of hydrogen-bond acceptors (Lipinski definition) is 5. The number of carbonyl (C=O) groups excluding carboxylic acids is 2. The van der Waals surface area contributed by atoms with Gasteiger partial charge >= 0.3 is 5.97 Å². The first-order valence-electron chi connectivity index (χ1n) is 6.93. The van der Waals surface area contributed by atoms with Crippen LogP contribution in [0.3, 0.4) is 0 Å². The summed E-state index contributed by atoms with van der Waals surface area (Å²) in [6.07, 6.45) is 3.44. The van der Waals surface area contributed by atoms with Crippen molar-refractivity contribution in [2.24, 2.45) is 0 Å². The molecule has 110 valence electrons. The van der Waals surface area contributed by atoms with Gasteiger partial charge in [-0.3, -0.25) is 4.79 Å². The molecule has 20 heavy (non-hydrogen) atoms. The summed E-state index contributed by atoms with van der Waals surface area (Å²) in [5.41, 5.74) is 0.765. The molecule has 1 fully saturated rings. The summed E-state index contributed by atoms with van der Waals surface area (Å²) >= 11 is 0. The Morgan fingerprint density at radius 3 is 2.55 bits per heavy atom. The number of nitrogens with one attached hydrogen (secondary N) is 1. The van der Waals surface area contributed by atoms with E-state index in [0.717, 1.165) is 25.7 Å². The van der Waals surface area contributed by atoms with Gasteiger partial charge in [-0.05, 0) is 33.6 Å². The monoisotopic (exact) mass is 280 g/mol. The van der Waals surface area contributed by atoms with E-state index < -0.39 is 12.1 Å². The van der Waals surface area contributed by atoms with Gasteiger partial charge in [0.05, 0.1) is 5.69 Å². The van der Waals surface area contributed by atoms with Crippen molar-refractivity contribution in [3.8, 4) is 0 Å². The van der Waals surface area contributed by atoms with Crippen molar-refractivity contribution in [1.82, 2.24) is 10.5 Å². The number of hydrogen-bond donors (Lipinski definition) is 1. The van der Waals surface area contributed by atoms with Crippen LogP contribution in [0.15, 0.2) is 4.52 Å². The predicted octanol–water partition coefficient (Wildman–Crippen LogP) is 1.90. The molecule has 1 aliphatic rings. The minimum Gasteiger partial charge on any atom is -0.449 e. The lowest BCUT2D eigenvalue weighted by atomic mass is 10.2. The average Bonchev–Trinajstić information content (AvgIpc) is 2.99. The molecule has 6 heteroatoms. The van der Waals surface area contributed by atoms with Gasteiger partial charge in [0.25, 0.3) is 5.91 Å². The standard InChI is InChI=1S/C14H20N2O4/c1-8-12(9(2)20-16-8)14(18)19-10(3)13(17)15-11-6-4-5-7-11/h10-11H,4-7H2,1-3H3,(H,15,17)/t10-/m1/s1. The molecule has 1 heterocycles. The lowest BCUT2D eigenvalue weighted by Gasteiger charge is -2.17. The van der Waals surface area contributed by atoms with Crippen LogP contribution in [-0.4, -0.2) is 29.2 Å². The average molecular weight is 280 g/mol. The molecule has 2 rings (SSSR count). The third kappa shape index (κ3) is 3.18. The van der Waals surface area contributed by atoms with E-state index in [9.17, 15) is 9.59 Å². The summed E-state index contributed by atoms with van der Waals surface area (Å²) in [6.45, 7) is 4.87. The second kappa shape index (κ2) is 6.07. The molecule has 0 aliphatic heterocycles. The number of aromatic nitrogens is 1. The molecule has 1 aromatic heterocycles. The van der Waals surface area contributed by atoms with E-state index in [4.69, 9.17) is 9.26 Å². The molecular formula is C14H20N2O4. The van der Waals surface area contributed by atoms with E-state index in [0.29, 0.717) is 17.0 Å². The van der Waals surface area contributed by atoms with Crippen LogP contribution in [0.2, 0.25) is 0 Å². The Morgan fingerprint density at radius 1 is 1.35 bits per heavy atom. The van der Waals surface area contributed by atoms with Crippen LogP contribution in [0.25, 0.3) is 0 Å². The van der Waals surface area contributed by atoms with Crippen LogP contribution in [0, 0.1) is 13.8 Å². The highest BCUT2D eigenvalue weighted by molar-refractivity contribution is 5.93. The fourth-order valence-electron chi connectivity index (χ4n) is 2.44. The highest BCUT2D eigenvalue weighted by Crippen LogP contribution is 2.18. The van der Waals surface area contributed by atoms with Gasteiger partial charge in [-0.2, -0.15) is 0 Å². The Morgan fingerprint density at radius 2 is 2.00 bits per heavy atom. The van der Waals surface area contributed by atoms with Crippen molar-refractivity contribution in [3.05, 3.63) is 17.0 Å². The summed E-state index contributed by atoms with van der Waals surface area (Å²) < 4.78 is 10.1. The number of nitrogens with zero attached hydrogens (tertiary/aromatic N) is 1. The quantitative estimate of drug-likeness (QED) is 0.852. The number of rotatable bonds is 4. The van der Waals surface area contributed by atoms with Gasteiger partial charge < -0.3 is 14.6 Å². The molecule has 1 aliphatic carbocycles. The van der Waals surface area contributed by atoms with Gasteiger partial charge in [-0.1, -0.05) is 18.0 Å². The van der Waals surface area contributed by atoms with Gasteiger partial charge in [0.1, 0.15) is 11.3 Å². The van der Waals surface area contributed by atoms with Crippen LogP contribution in [0.5, 0.6) is 0 Å². The van der Waals surface area contributed by atoms with Crippen LogP contribution in [0.1, 0.15) is 54.4 Å². The molecule has 1 amide bonds. The summed E-state index contributed by atoms with van der Waals surface area (Å²) in [5, 5.41) is 6.60. The Labute approximate surface area is 117 Å². The molecule has 0 bridgehead atoms. The maximum absolute atomic E-state index is 12.0. The summed E-state index contributed by atoms with van der Waals surface area (Å²) in [5.74, 6) is -0.428. The first-order chi connectivity index (χ1) is 9.49. The molecule has 1 atom stereocenters. The second-order valence-corrected chi connectivity index (χ2v) is 5.24. The molecule has 0 saturated heterocycles. The minimum absolute atomic E-state index is 0.211. The third-order valence-corrected chi connectivity index (χ3v) is 3.59. The summed E-state index contributed by atoms with van der Waals surface area (Å²) in [6, 6.07) is 0.211. The number of aryl methyl sites for hydroxylation is 2. The maximum atomic E-state index is 12.0. The second-order valence-electron chi connectivity index (χ2n) is 5.24. The molecule has 1 aromatic rings. The molecule has 0 aromatic carbocycles. The van der Waals surface area contributed by atoms with E-state index in [-0.39, 0.29) is 11.9 Å². The Hall–Kier alpha value is -1.85. The van der Waals surface area contributed by atoms with Crippen molar-refractivity contribution in [2.75, 3.05) is 0 Å². The zero-order valence-electron chi connectivity index (χ0n) is 12.1. The van der Waals surface area contributed by atoms with Crippen LogP contribution in [0.4, 0.5) is 0 Å². The zero-order valence-corrected chi connectivity index (χ0v) is 12.1. The van der Waals surface area contributed by atoms with Crippen LogP contribution < -0.4 is 5.32 Å². The molecule has 6 nitrogen and oxygen atoms in total. The Bertz CT molecular complexity index is 484. The number of esters is 1. The predicted molar refractivity (Wildman–Crippen MR) is 71.3 cm³/mol. The Balaban J connectivity index is 1.91. The maximum Gasteiger partial charge on any atom is 0.344 e. The number of amides is 1. The van der Waals surface area contributed by atoms with Gasteiger partial charge in [-0.25, -0.2) is 4.79 Å². The number of ether oxygens (including phenoxy) is 1. The van der Waals surface area contributed by atoms with Gasteiger partial charge in [-0.15, -0.1) is 0 Å². The SMILES string of the molecule is Cc1noc(C)c1C(=O)O[C@H](C)C(=O)NC1CCCC1. The fourth-order valence-corrected chi connectivity index (χ4v) is 2.44. The van der Waals surface area contributed by atoms with E-state index in [1.165, 1.54) is 0 Å². The van der Waals surface area contributed by atoms with Crippen LogP contribution in [-0.2, 0) is 9.53 Å². The zero-order chi connectivity index (χ0) is 14.7. The normalized spacial score (nSPS) is 16.9. The minimum atomic E-state index is -0.822. The molecule has 1 saturated carbocycles. The third-order valence-electron chi connectivity index (χ3n) is 3.59. The molecule has 0 unspecified atom stereocenters. The Kier molecular flexibility index (Phi) is 4.42. The lowest BCUT2D eigenvalue weighted by molar-refractivity contribution is -0.129. The highest BCUT2D eigenvalue weighted by Gasteiger charge is 2.26. The fraction of sp³-hybridized carbons (Fsp3) is 0.643. The molecule has 0 radical (unpaired) electrons. The highest BCUT2D eigenvalue weighted by atomic mass is 16.5. The number of carbonyl (C=O) groups is 2. The first-order valence-corrected chi connectivity index (χ1v) is 6.93. The van der Waals surface area contributed by atoms with Gasteiger partial charge in [0.2, 0.25) is 0 Å². The van der Waals surface area contributed by atoms with Crippen molar-refractivity contribution in [3.63, 3.8) is 0 Å². The van der Waals surface area contributed by atoms with Crippen molar-refractivity contribution >= 4 is 11.9 Å². The molecular weight excluding hydrogens is 260 g/mol. The van der Waals surface area contributed by atoms with E-state index in [1.54, 1.807) is 20.8 Å². The van der Waals surface area contributed by atoms with Gasteiger partial charge in [0.15, 0.2) is 6.10 Å². The van der Waals surface area contributed by atoms with E-state index in [1.807, 2.05) is 0 Å². The largest absolute Gasteiger partial charge is 0.449 e. The van der Waals surface area contributed by atoms with Crippen molar-refractivity contribution < 1.29 is 18.8 Å². The topological polar surface area (TPSA) is 81.4 Å². The van der Waals surface area contributed by atoms with Gasteiger partial charge in [0, 0.05) is 6.04 Å². The van der Waals surface area contributed by atoms with Crippen LogP contribution >= 0.6 is 0 Å². The first kappa shape index (κ1) is 14.6. The summed E-state index contributed by atoms with van der Waals surface area (Å²) in [4.78, 5) is 23.9. The van der Waals surface area contributed by atoms with E-state index >= 15 is 0 Å². The summed E-state index contributed by atoms with van der Waals surface area (Å²) in [7, 11) is 0. The molecule has 0 spiro atoms. The van der Waals surface area contributed by atoms with Crippen molar-refractivity contribution in [2.45, 2.75) is 58.6 Å². The smallest absolute Gasteiger partial charge is 0.344 e. The van der Waals surface area contributed by atoms with Crippen molar-refractivity contribution in [1.29, 1.82) is 0 Å². The molecule has 1 N–H and O–H groups in total.